The van der Waals surface area contributed by atoms with Gasteiger partial charge >= 0.3 is 0 Å². The van der Waals surface area contributed by atoms with Crippen molar-refractivity contribution in [3.63, 3.8) is 0 Å². The van der Waals surface area contributed by atoms with Gasteiger partial charge in [0, 0.05) is 42.2 Å². The molecule has 0 spiro atoms. The Kier molecular flexibility index (Phi) is 2.95. The third-order valence-electron chi connectivity index (χ3n) is 2.81. The molecule has 1 aromatic carbocycles. The maximum atomic E-state index is 10.6. The summed E-state index contributed by atoms with van der Waals surface area (Å²) >= 11 is 0. The normalized spacial score (nSPS) is 12.0. The molecule has 0 saturated heterocycles. The third-order valence-corrected chi connectivity index (χ3v) is 2.81. The topological polar surface area (TPSA) is 48.1 Å². The maximum Gasteiger partial charge on any atom is 0.243 e. The molecule has 0 saturated carbocycles. The average Bonchev–Trinajstić information content (AvgIpc) is 2.68. The Morgan fingerprint density at radius 2 is 2.18 bits per heavy atom. The van der Waals surface area contributed by atoms with Crippen molar-refractivity contribution in [3.05, 3.63) is 51.8 Å². The summed E-state index contributed by atoms with van der Waals surface area (Å²) in [6.07, 6.45) is 3.58. The van der Waals surface area contributed by atoms with E-state index in [-0.39, 0.29) is 10.6 Å². The van der Waals surface area contributed by atoms with Gasteiger partial charge in [-0.3, -0.25) is 10.1 Å². The van der Waals surface area contributed by atoms with Crippen LogP contribution in [0.3, 0.4) is 0 Å². The number of nitrogens with zero attached hydrogens (tertiary/aromatic N) is 2. The van der Waals surface area contributed by atoms with Crippen LogP contribution in [-0.4, -0.2) is 9.49 Å². The van der Waals surface area contributed by atoms with Crippen LogP contribution in [0.5, 0.6) is 0 Å². The lowest BCUT2D eigenvalue weighted by molar-refractivity contribution is -0.422. The lowest BCUT2D eigenvalue weighted by atomic mass is 10.1. The second-order valence-electron chi connectivity index (χ2n) is 3.93. The van der Waals surface area contributed by atoms with Gasteiger partial charge < -0.3 is 4.57 Å². The first-order valence-corrected chi connectivity index (χ1v) is 5.54. The number of rotatable bonds is 3. The number of benzene rings is 1. The van der Waals surface area contributed by atoms with Crippen LogP contribution in [-0.2, 0) is 6.54 Å². The molecule has 0 N–H and O–H groups in total. The summed E-state index contributed by atoms with van der Waals surface area (Å²) in [5.41, 5.74) is 2.16. The van der Waals surface area contributed by atoms with Crippen LogP contribution in [0.4, 0.5) is 0 Å². The molecule has 0 atom stereocenters. The average molecular weight is 230 g/mol. The summed E-state index contributed by atoms with van der Waals surface area (Å²) < 4.78 is 2.09. The van der Waals surface area contributed by atoms with E-state index in [1.165, 1.54) is 6.92 Å². The zero-order chi connectivity index (χ0) is 12.4. The molecule has 0 fully saturated rings. The number of fused-ring (bicyclic) bond motifs is 1. The molecule has 0 bridgehead atoms. The fourth-order valence-corrected chi connectivity index (χ4v) is 1.93. The Hall–Kier alpha value is -2.10. The first kappa shape index (κ1) is 11.4. The Bertz CT molecular complexity index is 596. The Balaban J connectivity index is 2.62. The SMILES string of the molecule is CCn1cc(C=C(C)[N+](=O)[O-])c2ccccc21. The lowest BCUT2D eigenvalue weighted by Crippen LogP contribution is -1.92. The molecule has 0 amide bonds. The van der Waals surface area contributed by atoms with E-state index in [4.69, 9.17) is 0 Å². The quantitative estimate of drug-likeness (QED) is 0.600. The minimum atomic E-state index is -0.363. The number of aromatic nitrogens is 1. The number of hydrogen-bond donors (Lipinski definition) is 0. The molecule has 2 aromatic rings. The fraction of sp³-hybridized carbons (Fsp3) is 0.231. The number of nitro groups is 1. The number of aryl methyl sites for hydroxylation is 1. The molecular formula is C13H14N2O2. The standard InChI is InChI=1S/C13H14N2O2/c1-3-14-9-11(8-10(2)15(16)17)12-6-4-5-7-13(12)14/h4-9H,3H2,1-2H3. The molecule has 0 unspecified atom stereocenters. The van der Waals surface area contributed by atoms with Crippen molar-refractivity contribution < 1.29 is 4.92 Å². The first-order valence-electron chi connectivity index (χ1n) is 5.54. The van der Waals surface area contributed by atoms with E-state index in [0.29, 0.717) is 0 Å². The molecule has 0 aliphatic carbocycles. The van der Waals surface area contributed by atoms with Crippen LogP contribution < -0.4 is 0 Å². The molecule has 17 heavy (non-hydrogen) atoms. The first-order chi connectivity index (χ1) is 8.13. The van der Waals surface area contributed by atoms with Gasteiger partial charge in [0.2, 0.25) is 5.70 Å². The van der Waals surface area contributed by atoms with Gasteiger partial charge in [0.05, 0.1) is 4.92 Å². The predicted molar refractivity (Wildman–Crippen MR) is 68.3 cm³/mol. The van der Waals surface area contributed by atoms with Gasteiger partial charge in [-0.15, -0.1) is 0 Å². The minimum Gasteiger partial charge on any atom is -0.347 e. The molecule has 1 aromatic heterocycles. The molecule has 88 valence electrons. The molecule has 2 rings (SSSR count). The highest BCUT2D eigenvalue weighted by Gasteiger charge is 2.08. The lowest BCUT2D eigenvalue weighted by Gasteiger charge is -1.97. The highest BCUT2D eigenvalue weighted by molar-refractivity contribution is 5.89. The van der Waals surface area contributed by atoms with Gasteiger partial charge in [0.1, 0.15) is 0 Å². The molecular weight excluding hydrogens is 216 g/mol. The monoisotopic (exact) mass is 230 g/mol. The second-order valence-corrected chi connectivity index (χ2v) is 3.93. The minimum absolute atomic E-state index is 0.156. The molecule has 0 aliphatic rings. The van der Waals surface area contributed by atoms with Crippen molar-refractivity contribution in [2.45, 2.75) is 20.4 Å². The number of para-hydroxylation sites is 1. The molecule has 1 heterocycles. The van der Waals surface area contributed by atoms with E-state index in [1.54, 1.807) is 6.08 Å². The molecule has 4 nitrogen and oxygen atoms in total. The van der Waals surface area contributed by atoms with E-state index in [1.807, 2.05) is 30.5 Å². The van der Waals surface area contributed by atoms with Gasteiger partial charge in [-0.1, -0.05) is 18.2 Å². The predicted octanol–water partition coefficient (Wildman–Crippen LogP) is 3.30. The van der Waals surface area contributed by atoms with Crippen LogP contribution in [0.25, 0.3) is 17.0 Å². The summed E-state index contributed by atoms with van der Waals surface area (Å²) in [5.74, 6) is 0. The summed E-state index contributed by atoms with van der Waals surface area (Å²) in [4.78, 5) is 10.3. The Labute approximate surface area is 99.3 Å². The zero-order valence-corrected chi connectivity index (χ0v) is 9.88. The highest BCUT2D eigenvalue weighted by Crippen LogP contribution is 2.23. The van der Waals surface area contributed by atoms with Crippen molar-refractivity contribution >= 4 is 17.0 Å². The van der Waals surface area contributed by atoms with Gasteiger partial charge in [0.15, 0.2) is 0 Å². The van der Waals surface area contributed by atoms with Crippen LogP contribution in [0.2, 0.25) is 0 Å². The van der Waals surface area contributed by atoms with Crippen molar-refractivity contribution in [1.29, 1.82) is 0 Å². The van der Waals surface area contributed by atoms with Crippen LogP contribution in [0.15, 0.2) is 36.2 Å². The van der Waals surface area contributed by atoms with E-state index in [2.05, 4.69) is 11.5 Å². The van der Waals surface area contributed by atoms with Gasteiger partial charge in [-0.05, 0) is 13.0 Å². The summed E-state index contributed by atoms with van der Waals surface area (Å²) in [5, 5.41) is 11.7. The van der Waals surface area contributed by atoms with Crippen molar-refractivity contribution in [3.8, 4) is 0 Å². The second kappa shape index (κ2) is 4.41. The fourth-order valence-electron chi connectivity index (χ4n) is 1.93. The third kappa shape index (κ3) is 2.06. The molecule has 0 radical (unpaired) electrons. The van der Waals surface area contributed by atoms with E-state index >= 15 is 0 Å². The zero-order valence-electron chi connectivity index (χ0n) is 9.88. The largest absolute Gasteiger partial charge is 0.347 e. The Morgan fingerprint density at radius 3 is 2.82 bits per heavy atom. The van der Waals surface area contributed by atoms with Crippen molar-refractivity contribution in [1.82, 2.24) is 4.57 Å². The molecule has 4 heteroatoms. The van der Waals surface area contributed by atoms with Crippen LogP contribution in [0, 0.1) is 10.1 Å². The summed E-state index contributed by atoms with van der Waals surface area (Å²) in [6.45, 7) is 4.42. The number of hydrogen-bond acceptors (Lipinski definition) is 2. The number of allylic oxidation sites excluding steroid dienone is 1. The maximum absolute atomic E-state index is 10.6. The van der Waals surface area contributed by atoms with E-state index in [0.717, 1.165) is 23.0 Å². The van der Waals surface area contributed by atoms with E-state index in [9.17, 15) is 10.1 Å². The van der Waals surface area contributed by atoms with Crippen LogP contribution >= 0.6 is 0 Å². The summed E-state index contributed by atoms with van der Waals surface area (Å²) in [6, 6.07) is 7.93. The van der Waals surface area contributed by atoms with Crippen molar-refractivity contribution in [2.24, 2.45) is 0 Å². The molecule has 0 aliphatic heterocycles. The van der Waals surface area contributed by atoms with Crippen LogP contribution in [0.1, 0.15) is 19.4 Å². The van der Waals surface area contributed by atoms with Gasteiger partial charge in [-0.2, -0.15) is 0 Å². The highest BCUT2D eigenvalue weighted by atomic mass is 16.6. The van der Waals surface area contributed by atoms with Crippen molar-refractivity contribution in [2.75, 3.05) is 0 Å². The Morgan fingerprint density at radius 1 is 1.47 bits per heavy atom. The summed E-state index contributed by atoms with van der Waals surface area (Å²) in [7, 11) is 0. The van der Waals surface area contributed by atoms with E-state index < -0.39 is 0 Å². The van der Waals surface area contributed by atoms with Gasteiger partial charge in [0.25, 0.3) is 0 Å². The smallest absolute Gasteiger partial charge is 0.243 e. The van der Waals surface area contributed by atoms with Gasteiger partial charge in [-0.25, -0.2) is 0 Å².